The maximum Gasteiger partial charge on any atom is 0.244 e. The van der Waals surface area contributed by atoms with Gasteiger partial charge < -0.3 is 0 Å². The van der Waals surface area contributed by atoms with Crippen molar-refractivity contribution in [1.82, 2.24) is 4.31 Å². The SMILES string of the molecule is CC(C)CN(CC(C)C)S(=O)(=O)c1cc(Cl)ccc1C#N. The van der Waals surface area contributed by atoms with Gasteiger partial charge in [0, 0.05) is 18.1 Å². The molecule has 0 amide bonds. The van der Waals surface area contributed by atoms with Crippen LogP contribution in [-0.2, 0) is 10.0 Å². The average Bonchev–Trinajstić information content (AvgIpc) is 2.36. The first-order valence-electron chi connectivity index (χ1n) is 6.88. The van der Waals surface area contributed by atoms with Gasteiger partial charge in [-0.25, -0.2) is 8.42 Å². The third kappa shape index (κ3) is 4.70. The van der Waals surface area contributed by atoms with Gasteiger partial charge in [-0.3, -0.25) is 0 Å². The van der Waals surface area contributed by atoms with E-state index in [4.69, 9.17) is 16.9 Å². The van der Waals surface area contributed by atoms with Gasteiger partial charge in [-0.1, -0.05) is 39.3 Å². The van der Waals surface area contributed by atoms with Crippen molar-refractivity contribution in [3.05, 3.63) is 28.8 Å². The van der Waals surface area contributed by atoms with Crippen LogP contribution in [0.3, 0.4) is 0 Å². The Kier molecular flexibility index (Phi) is 6.21. The van der Waals surface area contributed by atoms with Crippen LogP contribution in [0.2, 0.25) is 5.02 Å². The fourth-order valence-electron chi connectivity index (χ4n) is 2.03. The lowest BCUT2D eigenvalue weighted by Gasteiger charge is -2.26. The third-order valence-corrected chi connectivity index (χ3v) is 4.93. The first-order chi connectivity index (χ1) is 9.68. The molecule has 0 atom stereocenters. The zero-order valence-electron chi connectivity index (χ0n) is 12.8. The van der Waals surface area contributed by atoms with Gasteiger partial charge in [0.25, 0.3) is 0 Å². The van der Waals surface area contributed by atoms with Crippen molar-refractivity contribution >= 4 is 21.6 Å². The molecule has 0 aromatic heterocycles. The third-order valence-electron chi connectivity index (χ3n) is 2.82. The summed E-state index contributed by atoms with van der Waals surface area (Å²) >= 11 is 5.90. The topological polar surface area (TPSA) is 61.2 Å². The van der Waals surface area contributed by atoms with Crippen molar-refractivity contribution in [1.29, 1.82) is 5.26 Å². The van der Waals surface area contributed by atoms with E-state index in [1.165, 1.54) is 22.5 Å². The summed E-state index contributed by atoms with van der Waals surface area (Å²) in [6.07, 6.45) is 0. The zero-order chi connectivity index (χ0) is 16.2. The molecule has 0 N–H and O–H groups in total. The summed E-state index contributed by atoms with van der Waals surface area (Å²) in [5.41, 5.74) is 0.122. The zero-order valence-corrected chi connectivity index (χ0v) is 14.4. The quantitative estimate of drug-likeness (QED) is 0.802. The van der Waals surface area contributed by atoms with Crippen LogP contribution in [0.25, 0.3) is 0 Å². The minimum absolute atomic E-state index is 0.0150. The van der Waals surface area contributed by atoms with E-state index >= 15 is 0 Å². The highest BCUT2D eigenvalue weighted by molar-refractivity contribution is 7.89. The molecule has 0 aliphatic heterocycles. The van der Waals surface area contributed by atoms with Crippen molar-refractivity contribution in [3.8, 4) is 6.07 Å². The van der Waals surface area contributed by atoms with E-state index in [9.17, 15) is 8.42 Å². The molecular formula is C15H21ClN2O2S. The second-order valence-corrected chi connectivity index (χ2v) is 8.20. The Labute approximate surface area is 132 Å². The molecule has 0 saturated carbocycles. The van der Waals surface area contributed by atoms with Crippen molar-refractivity contribution in [3.63, 3.8) is 0 Å². The summed E-state index contributed by atoms with van der Waals surface area (Å²) in [5, 5.41) is 9.45. The molecule has 4 nitrogen and oxygen atoms in total. The lowest BCUT2D eigenvalue weighted by atomic mass is 10.2. The Hall–Kier alpha value is -1.09. The van der Waals surface area contributed by atoms with Gasteiger partial charge in [-0.2, -0.15) is 9.57 Å². The monoisotopic (exact) mass is 328 g/mol. The summed E-state index contributed by atoms with van der Waals surface area (Å²) < 4.78 is 27.1. The first-order valence-corrected chi connectivity index (χ1v) is 8.70. The first kappa shape index (κ1) is 18.0. The second kappa shape index (κ2) is 7.26. The van der Waals surface area contributed by atoms with Crippen LogP contribution < -0.4 is 0 Å². The summed E-state index contributed by atoms with van der Waals surface area (Å²) in [4.78, 5) is -0.0150. The van der Waals surface area contributed by atoms with Crippen molar-refractivity contribution in [2.45, 2.75) is 32.6 Å². The Morgan fingerprint density at radius 1 is 1.19 bits per heavy atom. The number of hydrogen-bond donors (Lipinski definition) is 0. The molecule has 1 aromatic carbocycles. The van der Waals surface area contributed by atoms with Crippen LogP contribution in [-0.4, -0.2) is 25.8 Å². The van der Waals surface area contributed by atoms with Crippen LogP contribution in [0.15, 0.2) is 23.1 Å². The fourth-order valence-corrected chi connectivity index (χ4v) is 4.20. The summed E-state index contributed by atoms with van der Waals surface area (Å²) in [7, 11) is -3.73. The van der Waals surface area contributed by atoms with Crippen LogP contribution in [0.4, 0.5) is 0 Å². The molecule has 0 saturated heterocycles. The molecule has 116 valence electrons. The van der Waals surface area contributed by atoms with E-state index in [-0.39, 0.29) is 22.3 Å². The molecule has 1 aromatic rings. The standard InChI is InChI=1S/C15H21ClN2O2S/c1-11(2)9-18(10-12(3)4)21(19,20)15-7-14(16)6-5-13(15)8-17/h5-7,11-12H,9-10H2,1-4H3. The largest absolute Gasteiger partial charge is 0.244 e. The average molecular weight is 329 g/mol. The van der Waals surface area contributed by atoms with E-state index in [2.05, 4.69) is 0 Å². The Balaban J connectivity index is 3.35. The number of nitrogens with zero attached hydrogens (tertiary/aromatic N) is 2. The van der Waals surface area contributed by atoms with Crippen LogP contribution in [0, 0.1) is 23.2 Å². The van der Waals surface area contributed by atoms with Gasteiger partial charge in [0.05, 0.1) is 5.56 Å². The molecule has 0 bridgehead atoms. The number of sulfonamides is 1. The van der Waals surface area contributed by atoms with Gasteiger partial charge in [0.2, 0.25) is 10.0 Å². The summed E-state index contributed by atoms with van der Waals surface area (Å²) in [5.74, 6) is 0.395. The number of nitriles is 1. The van der Waals surface area contributed by atoms with Crippen molar-refractivity contribution in [2.75, 3.05) is 13.1 Å². The van der Waals surface area contributed by atoms with Gasteiger partial charge in [-0.15, -0.1) is 0 Å². The maximum atomic E-state index is 12.9. The molecule has 1 rings (SSSR count). The lowest BCUT2D eigenvalue weighted by Crippen LogP contribution is -2.37. The lowest BCUT2D eigenvalue weighted by molar-refractivity contribution is 0.333. The van der Waals surface area contributed by atoms with Gasteiger partial charge in [-0.05, 0) is 30.0 Å². The van der Waals surface area contributed by atoms with Crippen molar-refractivity contribution < 1.29 is 8.42 Å². The predicted octanol–water partition coefficient (Wildman–Crippen LogP) is 3.51. The molecule has 0 aliphatic rings. The van der Waals surface area contributed by atoms with E-state index in [0.717, 1.165) is 0 Å². The molecule has 0 fully saturated rings. The normalized spacial score (nSPS) is 12.1. The van der Waals surface area contributed by atoms with E-state index in [1.807, 2.05) is 33.8 Å². The molecular weight excluding hydrogens is 308 g/mol. The summed E-state index contributed by atoms with van der Waals surface area (Å²) in [6, 6.07) is 6.24. The van der Waals surface area contributed by atoms with E-state index in [1.54, 1.807) is 0 Å². The molecule has 0 heterocycles. The van der Waals surface area contributed by atoms with E-state index in [0.29, 0.717) is 18.1 Å². The molecule has 0 radical (unpaired) electrons. The smallest absolute Gasteiger partial charge is 0.207 e. The second-order valence-electron chi connectivity index (χ2n) is 5.86. The van der Waals surface area contributed by atoms with Gasteiger partial charge in [0.15, 0.2) is 0 Å². The highest BCUT2D eigenvalue weighted by atomic mass is 35.5. The Morgan fingerprint density at radius 2 is 1.71 bits per heavy atom. The molecule has 6 heteroatoms. The fraction of sp³-hybridized carbons (Fsp3) is 0.533. The van der Waals surface area contributed by atoms with Crippen LogP contribution in [0.5, 0.6) is 0 Å². The molecule has 0 aliphatic carbocycles. The maximum absolute atomic E-state index is 12.9. The molecule has 0 unspecified atom stereocenters. The molecule has 21 heavy (non-hydrogen) atoms. The minimum atomic E-state index is -3.73. The van der Waals surface area contributed by atoms with Gasteiger partial charge in [0.1, 0.15) is 11.0 Å². The summed E-state index contributed by atoms with van der Waals surface area (Å²) in [6.45, 7) is 8.69. The Morgan fingerprint density at radius 3 is 2.14 bits per heavy atom. The Bertz CT molecular complexity index is 624. The number of benzene rings is 1. The molecule has 0 spiro atoms. The van der Waals surface area contributed by atoms with E-state index < -0.39 is 10.0 Å². The number of hydrogen-bond acceptors (Lipinski definition) is 3. The van der Waals surface area contributed by atoms with Crippen molar-refractivity contribution in [2.24, 2.45) is 11.8 Å². The van der Waals surface area contributed by atoms with Crippen LogP contribution in [0.1, 0.15) is 33.3 Å². The number of rotatable bonds is 6. The highest BCUT2D eigenvalue weighted by Crippen LogP contribution is 2.25. The highest BCUT2D eigenvalue weighted by Gasteiger charge is 2.28. The number of halogens is 1. The van der Waals surface area contributed by atoms with Crippen LogP contribution >= 0.6 is 11.6 Å². The van der Waals surface area contributed by atoms with Gasteiger partial charge >= 0.3 is 0 Å². The predicted molar refractivity (Wildman–Crippen MR) is 84.6 cm³/mol. The minimum Gasteiger partial charge on any atom is -0.207 e.